The maximum absolute atomic E-state index is 11.9. The van der Waals surface area contributed by atoms with Gasteiger partial charge in [-0.15, -0.1) is 0 Å². The highest BCUT2D eigenvalue weighted by molar-refractivity contribution is 5.81. The Labute approximate surface area is 102 Å². The Hall–Kier alpha value is -1.29. The van der Waals surface area contributed by atoms with E-state index in [1.165, 1.54) is 0 Å². The van der Waals surface area contributed by atoms with E-state index in [2.05, 4.69) is 17.6 Å². The van der Waals surface area contributed by atoms with E-state index in [9.17, 15) is 4.79 Å². The van der Waals surface area contributed by atoms with E-state index in [1.807, 2.05) is 12.1 Å². The van der Waals surface area contributed by atoms with Crippen LogP contribution in [0.1, 0.15) is 25.5 Å². The first-order valence-corrected chi connectivity index (χ1v) is 6.29. The van der Waals surface area contributed by atoms with Crippen LogP contribution in [-0.4, -0.2) is 25.0 Å². The van der Waals surface area contributed by atoms with Gasteiger partial charge in [0.2, 0.25) is 5.91 Å². The molecule has 1 aromatic rings. The SMILES string of the molecule is CC1CCNC(C(=O)NCCc2ccco2)C1. The van der Waals surface area contributed by atoms with Gasteiger partial charge in [0.15, 0.2) is 0 Å². The van der Waals surface area contributed by atoms with Crippen LogP contribution in [0.5, 0.6) is 0 Å². The molecule has 4 heteroatoms. The molecular formula is C13H20N2O2. The van der Waals surface area contributed by atoms with Gasteiger partial charge in [-0.05, 0) is 37.4 Å². The number of nitrogens with one attached hydrogen (secondary N) is 2. The summed E-state index contributed by atoms with van der Waals surface area (Å²) in [5.41, 5.74) is 0. The number of amides is 1. The van der Waals surface area contributed by atoms with Crippen molar-refractivity contribution < 1.29 is 9.21 Å². The first-order chi connectivity index (χ1) is 8.25. The average molecular weight is 236 g/mol. The van der Waals surface area contributed by atoms with Crippen LogP contribution in [0.25, 0.3) is 0 Å². The van der Waals surface area contributed by atoms with Crippen molar-refractivity contribution in [3.8, 4) is 0 Å². The average Bonchev–Trinajstić information content (AvgIpc) is 2.82. The summed E-state index contributed by atoms with van der Waals surface area (Å²) in [5, 5.41) is 6.21. The highest BCUT2D eigenvalue weighted by Crippen LogP contribution is 2.14. The molecule has 0 spiro atoms. The van der Waals surface area contributed by atoms with Crippen molar-refractivity contribution in [2.45, 2.75) is 32.2 Å². The molecule has 1 aliphatic heterocycles. The van der Waals surface area contributed by atoms with Gasteiger partial charge in [0.05, 0.1) is 12.3 Å². The molecule has 94 valence electrons. The Bertz CT molecular complexity index is 348. The zero-order chi connectivity index (χ0) is 12.1. The van der Waals surface area contributed by atoms with Crippen molar-refractivity contribution in [2.75, 3.05) is 13.1 Å². The molecule has 2 atom stereocenters. The number of rotatable bonds is 4. The van der Waals surface area contributed by atoms with E-state index < -0.39 is 0 Å². The third-order valence-electron chi connectivity index (χ3n) is 3.23. The summed E-state index contributed by atoms with van der Waals surface area (Å²) in [4.78, 5) is 11.9. The van der Waals surface area contributed by atoms with Crippen LogP contribution < -0.4 is 10.6 Å². The summed E-state index contributed by atoms with van der Waals surface area (Å²) >= 11 is 0. The summed E-state index contributed by atoms with van der Waals surface area (Å²) in [6.45, 7) is 3.78. The molecule has 2 unspecified atom stereocenters. The molecule has 2 N–H and O–H groups in total. The number of carbonyl (C=O) groups is 1. The molecule has 0 saturated carbocycles. The van der Waals surface area contributed by atoms with Gasteiger partial charge in [-0.2, -0.15) is 0 Å². The predicted octanol–water partition coefficient (Wildman–Crippen LogP) is 1.33. The zero-order valence-electron chi connectivity index (χ0n) is 10.2. The van der Waals surface area contributed by atoms with E-state index in [-0.39, 0.29) is 11.9 Å². The van der Waals surface area contributed by atoms with Crippen LogP contribution in [0, 0.1) is 5.92 Å². The monoisotopic (exact) mass is 236 g/mol. The molecule has 1 aliphatic rings. The molecule has 0 aliphatic carbocycles. The lowest BCUT2D eigenvalue weighted by atomic mass is 9.94. The van der Waals surface area contributed by atoms with E-state index >= 15 is 0 Å². The highest BCUT2D eigenvalue weighted by Gasteiger charge is 2.23. The Balaban J connectivity index is 1.70. The van der Waals surface area contributed by atoms with Gasteiger partial charge in [0, 0.05) is 13.0 Å². The fourth-order valence-corrected chi connectivity index (χ4v) is 2.19. The smallest absolute Gasteiger partial charge is 0.237 e. The van der Waals surface area contributed by atoms with Crippen molar-refractivity contribution in [2.24, 2.45) is 5.92 Å². The Morgan fingerprint density at radius 3 is 3.24 bits per heavy atom. The zero-order valence-corrected chi connectivity index (χ0v) is 10.2. The maximum Gasteiger partial charge on any atom is 0.237 e. The van der Waals surface area contributed by atoms with Crippen molar-refractivity contribution in [3.05, 3.63) is 24.2 Å². The Morgan fingerprint density at radius 2 is 2.53 bits per heavy atom. The van der Waals surface area contributed by atoms with Crippen LogP contribution >= 0.6 is 0 Å². The maximum atomic E-state index is 11.9. The molecule has 2 rings (SSSR count). The van der Waals surface area contributed by atoms with Gasteiger partial charge in [0.25, 0.3) is 0 Å². The van der Waals surface area contributed by atoms with Crippen molar-refractivity contribution in [3.63, 3.8) is 0 Å². The molecule has 1 saturated heterocycles. The van der Waals surface area contributed by atoms with Crippen LogP contribution in [0.2, 0.25) is 0 Å². The molecule has 1 amide bonds. The van der Waals surface area contributed by atoms with Gasteiger partial charge in [-0.3, -0.25) is 4.79 Å². The van der Waals surface area contributed by atoms with E-state index in [0.717, 1.165) is 31.6 Å². The van der Waals surface area contributed by atoms with Gasteiger partial charge in [-0.1, -0.05) is 6.92 Å². The Kier molecular flexibility index (Phi) is 4.20. The van der Waals surface area contributed by atoms with Crippen LogP contribution in [0.4, 0.5) is 0 Å². The molecule has 2 heterocycles. The van der Waals surface area contributed by atoms with Gasteiger partial charge in [0.1, 0.15) is 5.76 Å². The normalized spacial score (nSPS) is 24.5. The standard InChI is InChI=1S/C13H20N2O2/c1-10-4-6-14-12(9-10)13(16)15-7-5-11-3-2-8-17-11/h2-3,8,10,12,14H,4-7,9H2,1H3,(H,15,16). The number of hydrogen-bond donors (Lipinski definition) is 2. The second kappa shape index (κ2) is 5.87. The molecule has 1 aromatic heterocycles. The van der Waals surface area contributed by atoms with Gasteiger partial charge in [-0.25, -0.2) is 0 Å². The van der Waals surface area contributed by atoms with Crippen LogP contribution in [-0.2, 0) is 11.2 Å². The van der Waals surface area contributed by atoms with Crippen molar-refractivity contribution in [1.82, 2.24) is 10.6 Å². The molecule has 17 heavy (non-hydrogen) atoms. The molecule has 0 radical (unpaired) electrons. The summed E-state index contributed by atoms with van der Waals surface area (Å²) in [7, 11) is 0. The largest absolute Gasteiger partial charge is 0.469 e. The topological polar surface area (TPSA) is 54.3 Å². The van der Waals surface area contributed by atoms with E-state index in [0.29, 0.717) is 12.5 Å². The lowest BCUT2D eigenvalue weighted by Crippen LogP contribution is -2.48. The van der Waals surface area contributed by atoms with E-state index in [1.54, 1.807) is 6.26 Å². The summed E-state index contributed by atoms with van der Waals surface area (Å²) < 4.78 is 5.21. The third kappa shape index (κ3) is 3.60. The quantitative estimate of drug-likeness (QED) is 0.829. The van der Waals surface area contributed by atoms with Crippen molar-refractivity contribution in [1.29, 1.82) is 0 Å². The minimum absolute atomic E-state index is 0.0182. The molecule has 0 aromatic carbocycles. The summed E-state index contributed by atoms with van der Waals surface area (Å²) in [6, 6.07) is 3.77. The Morgan fingerprint density at radius 1 is 1.65 bits per heavy atom. The minimum Gasteiger partial charge on any atom is -0.469 e. The fourth-order valence-electron chi connectivity index (χ4n) is 2.19. The number of hydrogen-bond acceptors (Lipinski definition) is 3. The summed E-state index contributed by atoms with van der Waals surface area (Å²) in [5.74, 6) is 1.66. The number of carbonyl (C=O) groups excluding carboxylic acids is 1. The van der Waals surface area contributed by atoms with E-state index in [4.69, 9.17) is 4.42 Å². The second-order valence-electron chi connectivity index (χ2n) is 4.76. The number of piperidine rings is 1. The first-order valence-electron chi connectivity index (χ1n) is 6.29. The third-order valence-corrected chi connectivity index (χ3v) is 3.23. The first kappa shape index (κ1) is 12.2. The van der Waals surface area contributed by atoms with Gasteiger partial charge < -0.3 is 15.1 Å². The van der Waals surface area contributed by atoms with Crippen LogP contribution in [0.15, 0.2) is 22.8 Å². The molecule has 0 bridgehead atoms. The fraction of sp³-hybridized carbons (Fsp3) is 0.615. The minimum atomic E-state index is -0.0182. The lowest BCUT2D eigenvalue weighted by molar-refractivity contribution is -0.124. The van der Waals surface area contributed by atoms with Gasteiger partial charge >= 0.3 is 0 Å². The highest BCUT2D eigenvalue weighted by atomic mass is 16.3. The van der Waals surface area contributed by atoms with Crippen LogP contribution in [0.3, 0.4) is 0 Å². The molecule has 4 nitrogen and oxygen atoms in total. The molecular weight excluding hydrogens is 216 g/mol. The number of furan rings is 1. The summed E-state index contributed by atoms with van der Waals surface area (Å²) in [6.07, 6.45) is 4.51. The van der Waals surface area contributed by atoms with Crippen molar-refractivity contribution >= 4 is 5.91 Å². The molecule has 1 fully saturated rings. The predicted molar refractivity (Wildman–Crippen MR) is 65.6 cm³/mol. The lowest BCUT2D eigenvalue weighted by Gasteiger charge is -2.27. The second-order valence-corrected chi connectivity index (χ2v) is 4.76.